The van der Waals surface area contributed by atoms with Crippen LogP contribution in [0.4, 0.5) is 0 Å². The number of ether oxygens (including phenoxy) is 1. The Morgan fingerprint density at radius 2 is 1.38 bits per heavy atom. The minimum absolute atomic E-state index is 0.194. The number of esters is 1. The van der Waals surface area contributed by atoms with E-state index in [9.17, 15) is 4.79 Å². The Hall–Kier alpha value is -1.35. The molecule has 0 bridgehead atoms. The second-order valence-electron chi connectivity index (χ2n) is 11.5. The fourth-order valence-corrected chi connectivity index (χ4v) is 6.55. The third kappa shape index (κ3) is 6.37. The van der Waals surface area contributed by atoms with Crippen LogP contribution in [0.15, 0.2) is 30.3 Å². The third-order valence-electron chi connectivity index (χ3n) is 8.42. The van der Waals surface area contributed by atoms with Gasteiger partial charge in [-0.3, -0.25) is 4.90 Å². The van der Waals surface area contributed by atoms with E-state index in [1.54, 1.807) is 0 Å². The lowest BCUT2D eigenvalue weighted by Crippen LogP contribution is -2.56. The summed E-state index contributed by atoms with van der Waals surface area (Å²) in [4.78, 5) is 15.4. The summed E-state index contributed by atoms with van der Waals surface area (Å²) in [6, 6.07) is 10.6. The fourth-order valence-electron chi connectivity index (χ4n) is 6.55. The van der Waals surface area contributed by atoms with Crippen LogP contribution >= 0.6 is 0 Å². The maximum Gasteiger partial charge on any atom is 0.338 e. The Morgan fingerprint density at radius 1 is 0.875 bits per heavy atom. The maximum atomic E-state index is 12.6. The molecule has 0 aliphatic heterocycles. The van der Waals surface area contributed by atoms with Crippen molar-refractivity contribution in [1.82, 2.24) is 4.90 Å². The number of carbonyl (C=O) groups is 1. The van der Waals surface area contributed by atoms with E-state index in [1.165, 1.54) is 38.5 Å². The number of carbonyl (C=O) groups excluding carboxylic acids is 1. The van der Waals surface area contributed by atoms with Crippen molar-refractivity contribution < 1.29 is 9.53 Å². The summed E-state index contributed by atoms with van der Waals surface area (Å²) in [5.41, 5.74) is 0.650. The van der Waals surface area contributed by atoms with Crippen LogP contribution in [0.3, 0.4) is 0 Å². The van der Waals surface area contributed by atoms with Crippen molar-refractivity contribution >= 4 is 5.97 Å². The molecule has 0 heterocycles. The topological polar surface area (TPSA) is 29.5 Å². The van der Waals surface area contributed by atoms with Gasteiger partial charge in [-0.2, -0.15) is 0 Å². The van der Waals surface area contributed by atoms with Crippen LogP contribution in [0.2, 0.25) is 0 Å². The van der Waals surface area contributed by atoms with Gasteiger partial charge in [0.2, 0.25) is 0 Å². The number of hydrogen-bond acceptors (Lipinski definition) is 3. The fraction of sp³-hybridized carbons (Fsp3) is 0.759. The molecule has 2 aliphatic rings. The monoisotopic (exact) mass is 441 g/mol. The predicted octanol–water partition coefficient (Wildman–Crippen LogP) is 7.07. The third-order valence-corrected chi connectivity index (χ3v) is 8.42. The van der Waals surface area contributed by atoms with Crippen molar-refractivity contribution in [3.8, 4) is 0 Å². The molecule has 1 aromatic rings. The average molecular weight is 442 g/mol. The van der Waals surface area contributed by atoms with E-state index in [0.29, 0.717) is 36.1 Å². The highest BCUT2D eigenvalue weighted by molar-refractivity contribution is 5.89. The zero-order valence-corrected chi connectivity index (χ0v) is 21.4. The molecule has 0 saturated heterocycles. The summed E-state index contributed by atoms with van der Waals surface area (Å²) in [6.45, 7) is 15.8. The predicted molar refractivity (Wildman–Crippen MR) is 134 cm³/mol. The van der Waals surface area contributed by atoms with Gasteiger partial charge in [-0.1, -0.05) is 72.6 Å². The van der Waals surface area contributed by atoms with Crippen molar-refractivity contribution in [2.24, 2.45) is 35.5 Å². The molecule has 6 atom stereocenters. The van der Waals surface area contributed by atoms with Crippen molar-refractivity contribution in [2.75, 3.05) is 13.2 Å². The molecule has 0 N–H and O–H groups in total. The van der Waals surface area contributed by atoms with Gasteiger partial charge in [0.25, 0.3) is 0 Å². The second-order valence-corrected chi connectivity index (χ2v) is 11.5. The molecule has 180 valence electrons. The maximum absolute atomic E-state index is 12.6. The summed E-state index contributed by atoms with van der Waals surface area (Å²) >= 11 is 0. The highest BCUT2D eigenvalue weighted by atomic mass is 16.5. The van der Waals surface area contributed by atoms with Gasteiger partial charge in [0.15, 0.2) is 0 Å². The number of rotatable bonds is 8. The Labute approximate surface area is 197 Å². The lowest BCUT2D eigenvalue weighted by molar-refractivity contribution is -0.0336. The van der Waals surface area contributed by atoms with Crippen LogP contribution in [-0.4, -0.2) is 36.1 Å². The molecule has 0 aromatic heterocycles. The van der Waals surface area contributed by atoms with Gasteiger partial charge in [-0.25, -0.2) is 4.79 Å². The highest BCUT2D eigenvalue weighted by Crippen LogP contribution is 2.42. The summed E-state index contributed by atoms with van der Waals surface area (Å²) in [7, 11) is 0. The number of benzene rings is 1. The SMILES string of the molecule is CC1CCC(C(C)C)C(N(CCOC(=O)c2ccccc2)C2CC(C)CCC2C(C)C)C1. The van der Waals surface area contributed by atoms with Crippen molar-refractivity contribution in [1.29, 1.82) is 0 Å². The minimum atomic E-state index is -0.194. The van der Waals surface area contributed by atoms with E-state index in [1.807, 2.05) is 30.3 Å². The Morgan fingerprint density at radius 3 is 1.84 bits per heavy atom. The van der Waals surface area contributed by atoms with E-state index in [-0.39, 0.29) is 5.97 Å². The lowest BCUT2D eigenvalue weighted by Gasteiger charge is -2.51. The molecule has 2 aliphatic carbocycles. The van der Waals surface area contributed by atoms with E-state index in [2.05, 4.69) is 46.4 Å². The van der Waals surface area contributed by atoms with Gasteiger partial charge in [-0.05, 0) is 73.3 Å². The van der Waals surface area contributed by atoms with Gasteiger partial charge >= 0.3 is 5.97 Å². The summed E-state index contributed by atoms with van der Waals surface area (Å²) in [5.74, 6) is 4.23. The molecule has 0 spiro atoms. The minimum Gasteiger partial charge on any atom is -0.461 e. The molecule has 32 heavy (non-hydrogen) atoms. The molecule has 6 unspecified atom stereocenters. The second kappa shape index (κ2) is 11.7. The Bertz CT molecular complexity index is 668. The standard InChI is InChI=1S/C29H47NO2/c1-20(2)25-14-12-22(5)18-27(25)30(28-19-23(6)13-15-26(28)21(3)4)16-17-32-29(31)24-10-8-7-9-11-24/h7-11,20-23,25-28H,12-19H2,1-6H3. The smallest absolute Gasteiger partial charge is 0.338 e. The first kappa shape index (κ1) is 25.3. The zero-order chi connectivity index (χ0) is 23.3. The molecular formula is C29H47NO2. The lowest BCUT2D eigenvalue weighted by atomic mass is 9.69. The van der Waals surface area contributed by atoms with Gasteiger partial charge in [0.05, 0.1) is 5.56 Å². The number of nitrogens with zero attached hydrogens (tertiary/aromatic N) is 1. The molecule has 0 radical (unpaired) electrons. The number of hydrogen-bond donors (Lipinski definition) is 0. The van der Waals surface area contributed by atoms with Crippen LogP contribution in [0.25, 0.3) is 0 Å². The van der Waals surface area contributed by atoms with Gasteiger partial charge < -0.3 is 4.74 Å². The van der Waals surface area contributed by atoms with E-state index < -0.39 is 0 Å². The first-order valence-corrected chi connectivity index (χ1v) is 13.3. The summed E-state index contributed by atoms with van der Waals surface area (Å²) in [6.07, 6.45) is 7.93. The molecule has 2 saturated carbocycles. The Kier molecular flexibility index (Phi) is 9.22. The summed E-state index contributed by atoms with van der Waals surface area (Å²) < 4.78 is 5.80. The molecular weight excluding hydrogens is 394 g/mol. The molecule has 3 rings (SSSR count). The van der Waals surface area contributed by atoms with Gasteiger partial charge in [0, 0.05) is 18.6 Å². The van der Waals surface area contributed by atoms with Crippen molar-refractivity contribution in [2.45, 2.75) is 92.2 Å². The van der Waals surface area contributed by atoms with E-state index in [0.717, 1.165) is 30.2 Å². The molecule has 1 aromatic carbocycles. The first-order chi connectivity index (χ1) is 15.3. The van der Waals surface area contributed by atoms with Crippen LogP contribution in [0, 0.1) is 35.5 Å². The van der Waals surface area contributed by atoms with Gasteiger partial charge in [-0.15, -0.1) is 0 Å². The average Bonchev–Trinajstić information content (AvgIpc) is 2.76. The van der Waals surface area contributed by atoms with E-state index >= 15 is 0 Å². The highest BCUT2D eigenvalue weighted by Gasteiger charge is 2.42. The van der Waals surface area contributed by atoms with Crippen LogP contribution in [0.1, 0.15) is 90.4 Å². The Balaban J connectivity index is 1.80. The van der Waals surface area contributed by atoms with Gasteiger partial charge in [0.1, 0.15) is 6.61 Å². The first-order valence-electron chi connectivity index (χ1n) is 13.3. The molecule has 0 amide bonds. The quantitative estimate of drug-likeness (QED) is 0.404. The van der Waals surface area contributed by atoms with Crippen LogP contribution in [0.5, 0.6) is 0 Å². The van der Waals surface area contributed by atoms with Crippen LogP contribution in [-0.2, 0) is 4.74 Å². The molecule has 3 nitrogen and oxygen atoms in total. The zero-order valence-electron chi connectivity index (χ0n) is 21.4. The van der Waals surface area contributed by atoms with Crippen molar-refractivity contribution in [3.63, 3.8) is 0 Å². The van der Waals surface area contributed by atoms with E-state index in [4.69, 9.17) is 4.74 Å². The normalized spacial score (nSPS) is 31.3. The summed E-state index contributed by atoms with van der Waals surface area (Å²) in [5, 5.41) is 0. The molecule has 2 fully saturated rings. The largest absolute Gasteiger partial charge is 0.461 e. The molecule has 3 heteroatoms. The van der Waals surface area contributed by atoms with Crippen LogP contribution < -0.4 is 0 Å². The van der Waals surface area contributed by atoms with Crippen molar-refractivity contribution in [3.05, 3.63) is 35.9 Å².